The lowest BCUT2D eigenvalue weighted by molar-refractivity contribution is -0.136. The number of carbonyl (C=O) groups excluding carboxylic acids is 4. The number of fused-ring (bicyclic) bond motifs is 1. The minimum absolute atomic E-state index is 0. The molecule has 9 heteroatoms. The molecule has 2 aliphatic heterocycles. The maximum absolute atomic E-state index is 13.0. The standard InChI is InChI=1S/C22H30N4O4.ClH/c23-13-6-4-2-1-3-5-7-14-24-16-10-8-9-15-19(16)22(30)26(21(15)29)17-11-12-18(27)25-20(17)28;/h8-10,17,24H,1-7,11-14,23H2,(H,25,27,28);1H. The minimum atomic E-state index is -0.942. The van der Waals surface area contributed by atoms with Crippen LogP contribution in [0.1, 0.15) is 78.5 Å². The van der Waals surface area contributed by atoms with Crippen LogP contribution in [0, 0.1) is 0 Å². The topological polar surface area (TPSA) is 122 Å². The van der Waals surface area contributed by atoms with Crippen molar-refractivity contribution in [1.29, 1.82) is 0 Å². The first kappa shape index (κ1) is 24.8. The Morgan fingerprint density at radius 1 is 0.968 bits per heavy atom. The molecule has 1 atom stereocenters. The van der Waals surface area contributed by atoms with Gasteiger partial charge in [-0.05, 0) is 37.9 Å². The van der Waals surface area contributed by atoms with E-state index in [1.165, 1.54) is 25.7 Å². The molecular weight excluding hydrogens is 420 g/mol. The van der Waals surface area contributed by atoms with Crippen molar-refractivity contribution < 1.29 is 19.2 Å². The number of unbranched alkanes of at least 4 members (excludes halogenated alkanes) is 6. The van der Waals surface area contributed by atoms with E-state index in [0.717, 1.165) is 30.7 Å². The lowest BCUT2D eigenvalue weighted by Crippen LogP contribution is -2.54. The second kappa shape index (κ2) is 11.8. The van der Waals surface area contributed by atoms with Gasteiger partial charge in [0, 0.05) is 18.7 Å². The molecule has 0 aromatic heterocycles. The molecule has 0 saturated carbocycles. The van der Waals surface area contributed by atoms with E-state index in [9.17, 15) is 19.2 Å². The van der Waals surface area contributed by atoms with Crippen molar-refractivity contribution in [2.24, 2.45) is 5.73 Å². The highest BCUT2D eigenvalue weighted by Gasteiger charge is 2.45. The Balaban J connectivity index is 0.00000341. The summed E-state index contributed by atoms with van der Waals surface area (Å²) in [6, 6.07) is 4.18. The monoisotopic (exact) mass is 450 g/mol. The van der Waals surface area contributed by atoms with Crippen LogP contribution >= 0.6 is 12.4 Å². The van der Waals surface area contributed by atoms with Crippen molar-refractivity contribution in [2.45, 2.75) is 63.8 Å². The Hall–Kier alpha value is -2.45. The molecule has 4 N–H and O–H groups in total. The van der Waals surface area contributed by atoms with Crippen LogP contribution in [0.5, 0.6) is 0 Å². The van der Waals surface area contributed by atoms with Crippen molar-refractivity contribution in [3.63, 3.8) is 0 Å². The number of hydrogen-bond acceptors (Lipinski definition) is 6. The maximum atomic E-state index is 13.0. The third-order valence-electron chi connectivity index (χ3n) is 5.66. The number of rotatable bonds is 11. The summed E-state index contributed by atoms with van der Waals surface area (Å²) in [6.07, 6.45) is 8.19. The van der Waals surface area contributed by atoms with Gasteiger partial charge in [0.25, 0.3) is 11.8 Å². The molecule has 2 aliphatic rings. The Morgan fingerprint density at radius 3 is 2.32 bits per heavy atom. The number of carbonyl (C=O) groups is 4. The van der Waals surface area contributed by atoms with Gasteiger partial charge >= 0.3 is 0 Å². The number of amides is 4. The highest BCUT2D eigenvalue weighted by Crippen LogP contribution is 2.32. The summed E-state index contributed by atoms with van der Waals surface area (Å²) in [5.41, 5.74) is 6.72. The predicted molar refractivity (Wildman–Crippen MR) is 120 cm³/mol. The van der Waals surface area contributed by atoms with Crippen LogP contribution in [0.4, 0.5) is 5.69 Å². The molecule has 2 heterocycles. The molecule has 1 unspecified atom stereocenters. The van der Waals surface area contributed by atoms with Crippen LogP contribution in [0.25, 0.3) is 0 Å². The number of anilines is 1. The summed E-state index contributed by atoms with van der Waals surface area (Å²) in [5, 5.41) is 5.49. The number of nitrogens with two attached hydrogens (primary N) is 1. The quantitative estimate of drug-likeness (QED) is 0.352. The first-order valence-corrected chi connectivity index (χ1v) is 10.8. The second-order valence-corrected chi connectivity index (χ2v) is 7.87. The smallest absolute Gasteiger partial charge is 0.264 e. The number of halogens is 1. The first-order valence-electron chi connectivity index (χ1n) is 10.8. The zero-order chi connectivity index (χ0) is 21.5. The molecule has 170 valence electrons. The molecule has 0 bridgehead atoms. The van der Waals surface area contributed by atoms with E-state index in [4.69, 9.17) is 5.73 Å². The van der Waals surface area contributed by atoms with Gasteiger partial charge in [-0.1, -0.05) is 38.2 Å². The Morgan fingerprint density at radius 2 is 1.65 bits per heavy atom. The number of imide groups is 2. The Bertz CT molecular complexity index is 830. The fourth-order valence-electron chi connectivity index (χ4n) is 4.04. The molecule has 4 amide bonds. The molecule has 3 rings (SSSR count). The van der Waals surface area contributed by atoms with Crippen LogP contribution < -0.4 is 16.4 Å². The molecule has 1 saturated heterocycles. The minimum Gasteiger partial charge on any atom is -0.384 e. The maximum Gasteiger partial charge on any atom is 0.264 e. The molecular formula is C22H31ClN4O4. The second-order valence-electron chi connectivity index (χ2n) is 7.87. The highest BCUT2D eigenvalue weighted by molar-refractivity contribution is 6.25. The summed E-state index contributed by atoms with van der Waals surface area (Å²) >= 11 is 0. The number of benzene rings is 1. The first-order chi connectivity index (χ1) is 14.5. The summed E-state index contributed by atoms with van der Waals surface area (Å²) in [6.45, 7) is 1.46. The van der Waals surface area contributed by atoms with Gasteiger partial charge in [-0.25, -0.2) is 0 Å². The van der Waals surface area contributed by atoms with Crippen molar-refractivity contribution in [3.8, 4) is 0 Å². The fraction of sp³-hybridized carbons (Fsp3) is 0.545. The van der Waals surface area contributed by atoms with Gasteiger partial charge in [0.05, 0.1) is 11.1 Å². The Kier molecular flexibility index (Phi) is 9.45. The molecule has 1 aromatic carbocycles. The summed E-state index contributed by atoms with van der Waals surface area (Å²) in [4.78, 5) is 50.4. The zero-order valence-electron chi connectivity index (χ0n) is 17.7. The molecule has 1 aromatic rings. The molecule has 0 radical (unpaired) electrons. The van der Waals surface area contributed by atoms with Gasteiger partial charge in [-0.2, -0.15) is 0 Å². The van der Waals surface area contributed by atoms with Crippen LogP contribution in [0.2, 0.25) is 0 Å². The van der Waals surface area contributed by atoms with Gasteiger partial charge in [-0.3, -0.25) is 29.4 Å². The number of nitrogens with zero attached hydrogens (tertiary/aromatic N) is 1. The van der Waals surface area contributed by atoms with Gasteiger partial charge < -0.3 is 11.1 Å². The number of hydrogen-bond donors (Lipinski definition) is 3. The van der Waals surface area contributed by atoms with E-state index >= 15 is 0 Å². The van der Waals surface area contributed by atoms with Gasteiger partial charge in [-0.15, -0.1) is 12.4 Å². The van der Waals surface area contributed by atoms with Gasteiger partial charge in [0.2, 0.25) is 11.8 Å². The van der Waals surface area contributed by atoms with Gasteiger partial charge in [0.1, 0.15) is 6.04 Å². The van der Waals surface area contributed by atoms with E-state index in [2.05, 4.69) is 10.6 Å². The average Bonchev–Trinajstić information content (AvgIpc) is 2.98. The Labute approximate surface area is 188 Å². The van der Waals surface area contributed by atoms with Crippen LogP contribution in [-0.2, 0) is 9.59 Å². The van der Waals surface area contributed by atoms with E-state index in [0.29, 0.717) is 23.4 Å². The molecule has 8 nitrogen and oxygen atoms in total. The summed E-state index contributed by atoms with van der Waals surface area (Å²) < 4.78 is 0. The number of piperidine rings is 1. The summed E-state index contributed by atoms with van der Waals surface area (Å²) in [7, 11) is 0. The molecule has 0 spiro atoms. The van der Waals surface area contributed by atoms with Crippen molar-refractivity contribution >= 4 is 41.7 Å². The molecule has 31 heavy (non-hydrogen) atoms. The van der Waals surface area contributed by atoms with Crippen LogP contribution in [0.15, 0.2) is 18.2 Å². The molecule has 0 aliphatic carbocycles. The summed E-state index contributed by atoms with van der Waals surface area (Å²) in [5.74, 6) is -1.94. The largest absolute Gasteiger partial charge is 0.384 e. The SMILES string of the molecule is Cl.NCCCCCCCCCNc1cccc2c1C(=O)N(C1CCC(=O)NC1=O)C2=O. The average molecular weight is 451 g/mol. The van der Waals surface area contributed by atoms with E-state index in [1.54, 1.807) is 18.2 Å². The van der Waals surface area contributed by atoms with Gasteiger partial charge in [0.15, 0.2) is 0 Å². The fourth-order valence-corrected chi connectivity index (χ4v) is 4.04. The molecule has 1 fully saturated rings. The third-order valence-corrected chi connectivity index (χ3v) is 5.66. The third kappa shape index (κ3) is 5.83. The van der Waals surface area contributed by atoms with Crippen LogP contribution in [-0.4, -0.2) is 47.7 Å². The van der Waals surface area contributed by atoms with Crippen LogP contribution in [0.3, 0.4) is 0 Å². The highest BCUT2D eigenvalue weighted by atomic mass is 35.5. The van der Waals surface area contributed by atoms with E-state index < -0.39 is 23.8 Å². The predicted octanol–water partition coefficient (Wildman–Crippen LogP) is 2.61. The number of nitrogens with one attached hydrogen (secondary N) is 2. The normalized spacial score (nSPS) is 18.0. The van der Waals surface area contributed by atoms with Crippen molar-refractivity contribution in [2.75, 3.05) is 18.4 Å². The van der Waals surface area contributed by atoms with E-state index in [-0.39, 0.29) is 31.2 Å². The van der Waals surface area contributed by atoms with Crippen molar-refractivity contribution in [3.05, 3.63) is 29.3 Å². The van der Waals surface area contributed by atoms with E-state index in [1.807, 2.05) is 0 Å². The van der Waals surface area contributed by atoms with Crippen molar-refractivity contribution in [1.82, 2.24) is 10.2 Å². The lowest BCUT2D eigenvalue weighted by Gasteiger charge is -2.27. The zero-order valence-corrected chi connectivity index (χ0v) is 18.5. The lowest BCUT2D eigenvalue weighted by atomic mass is 10.0.